The molecule has 4 nitrogen and oxygen atoms in total. The molecule has 0 fully saturated rings. The van der Waals surface area contributed by atoms with E-state index in [2.05, 4.69) is 9.46 Å². The van der Waals surface area contributed by atoms with Gasteiger partial charge in [0.05, 0.1) is 13.2 Å². The zero-order chi connectivity index (χ0) is 16.4. The van der Waals surface area contributed by atoms with Gasteiger partial charge in [-0.2, -0.15) is 0 Å². The first kappa shape index (κ1) is 17.9. The fourth-order valence-corrected chi connectivity index (χ4v) is 2.36. The molecular formula is C14H19F2NO3S. The molecule has 0 aromatic heterocycles. The predicted octanol–water partition coefficient (Wildman–Crippen LogP) is 2.86. The van der Waals surface area contributed by atoms with Gasteiger partial charge in [0, 0.05) is 11.4 Å². The van der Waals surface area contributed by atoms with Gasteiger partial charge in [-0.1, -0.05) is 0 Å². The Morgan fingerprint density at radius 1 is 1.33 bits per heavy atom. The highest BCUT2D eigenvalue weighted by atomic mass is 32.2. The van der Waals surface area contributed by atoms with E-state index in [9.17, 15) is 18.1 Å². The van der Waals surface area contributed by atoms with E-state index in [0.29, 0.717) is 0 Å². The molecule has 0 aliphatic carbocycles. The number of carbonyl (C=O) groups excluding carboxylic acids is 1. The quantitative estimate of drug-likeness (QED) is 0.685. The Kier molecular flexibility index (Phi) is 5.72. The van der Waals surface area contributed by atoms with Crippen LogP contribution in [-0.4, -0.2) is 22.4 Å². The molecule has 0 aliphatic heterocycles. The number of nitrogens with one attached hydrogen (secondary N) is 1. The maximum Gasteiger partial charge on any atom is 0.343 e. The molecule has 0 aliphatic rings. The van der Waals surface area contributed by atoms with Crippen LogP contribution in [0.5, 0.6) is 0 Å². The maximum atomic E-state index is 13.8. The Bertz CT molecular complexity index is 508. The Hall–Kier alpha value is -1.18. The average molecular weight is 319 g/mol. The summed E-state index contributed by atoms with van der Waals surface area (Å²) < 4.78 is 46.2. The van der Waals surface area contributed by atoms with Gasteiger partial charge >= 0.3 is 5.97 Å². The van der Waals surface area contributed by atoms with Crippen molar-refractivity contribution in [1.29, 1.82) is 0 Å². The number of esters is 1. The Morgan fingerprint density at radius 2 is 1.81 bits per heavy atom. The van der Waals surface area contributed by atoms with Gasteiger partial charge in [0.2, 0.25) is 0 Å². The smallest absolute Gasteiger partial charge is 0.343 e. The molecule has 1 rings (SSSR count). The van der Waals surface area contributed by atoms with Crippen LogP contribution in [0.2, 0.25) is 0 Å². The summed E-state index contributed by atoms with van der Waals surface area (Å²) in [7, 11) is 1.05. The first-order chi connectivity index (χ1) is 9.57. The zero-order valence-electron chi connectivity index (χ0n) is 12.6. The Morgan fingerprint density at radius 3 is 2.19 bits per heavy atom. The van der Waals surface area contributed by atoms with Crippen LogP contribution >= 0.6 is 0 Å². The average Bonchev–Trinajstić information content (AvgIpc) is 2.36. The molecule has 0 radical (unpaired) electrons. The highest BCUT2D eigenvalue weighted by Crippen LogP contribution is 2.23. The molecule has 0 saturated carbocycles. The molecule has 0 saturated heterocycles. The summed E-state index contributed by atoms with van der Waals surface area (Å²) >= 11 is -1.38. The molecule has 0 amide bonds. The summed E-state index contributed by atoms with van der Waals surface area (Å²) in [5.74, 6) is -3.09. The molecule has 1 aromatic rings. The lowest BCUT2D eigenvalue weighted by atomic mass is 10.1. The van der Waals surface area contributed by atoms with Crippen molar-refractivity contribution in [3.8, 4) is 0 Å². The van der Waals surface area contributed by atoms with Crippen LogP contribution in [0.4, 0.5) is 8.78 Å². The fourth-order valence-electron chi connectivity index (χ4n) is 1.55. The topological polar surface area (TPSA) is 61.4 Å². The number of hydrogen-bond acceptors (Lipinski definition) is 4. The normalized spacial score (nSPS) is 14.7. The van der Waals surface area contributed by atoms with Crippen molar-refractivity contribution in [2.75, 3.05) is 7.11 Å². The summed E-state index contributed by atoms with van der Waals surface area (Å²) in [6.45, 7) is 6.98. The number of ether oxygens (including phenoxy) is 1. The summed E-state index contributed by atoms with van der Waals surface area (Å²) in [6, 6.07) is 1.53. The minimum atomic E-state index is -1.38. The third kappa shape index (κ3) is 4.39. The van der Waals surface area contributed by atoms with Crippen LogP contribution in [-0.2, 0) is 16.1 Å². The van der Waals surface area contributed by atoms with Crippen molar-refractivity contribution in [2.45, 2.75) is 38.5 Å². The van der Waals surface area contributed by atoms with Crippen LogP contribution in [0, 0.1) is 11.6 Å². The second-order valence-electron chi connectivity index (χ2n) is 5.57. The molecular weight excluding hydrogens is 300 g/mol. The monoisotopic (exact) mass is 319 g/mol. The molecule has 0 bridgehead atoms. The van der Waals surface area contributed by atoms with Crippen molar-refractivity contribution < 1.29 is 22.9 Å². The van der Waals surface area contributed by atoms with Gasteiger partial charge < -0.3 is 9.29 Å². The first-order valence-electron chi connectivity index (χ1n) is 6.33. The van der Waals surface area contributed by atoms with Gasteiger partial charge in [-0.3, -0.25) is 0 Å². The number of benzene rings is 1. The molecule has 118 valence electrons. The van der Waals surface area contributed by atoms with Gasteiger partial charge in [0.25, 0.3) is 0 Å². The zero-order valence-corrected chi connectivity index (χ0v) is 13.4. The number of carbonyl (C=O) groups is 1. The van der Waals surface area contributed by atoms with E-state index < -0.39 is 45.3 Å². The number of hydrogen-bond donors (Lipinski definition) is 1. The molecule has 1 N–H and O–H groups in total. The first-order valence-corrected chi connectivity index (χ1v) is 7.48. The van der Waals surface area contributed by atoms with E-state index in [1.165, 1.54) is 0 Å². The van der Waals surface area contributed by atoms with Crippen LogP contribution in [0.1, 0.15) is 49.7 Å². The summed E-state index contributed by atoms with van der Waals surface area (Å²) in [6.07, 6.45) is 0. The molecule has 21 heavy (non-hydrogen) atoms. The third-order valence-corrected chi connectivity index (χ3v) is 4.47. The van der Waals surface area contributed by atoms with E-state index in [-0.39, 0.29) is 5.56 Å². The highest BCUT2D eigenvalue weighted by molar-refractivity contribution is 7.90. The molecule has 2 unspecified atom stereocenters. The molecule has 7 heteroatoms. The lowest BCUT2D eigenvalue weighted by molar-refractivity contribution is 0.0589. The third-order valence-electron chi connectivity index (χ3n) is 2.79. The van der Waals surface area contributed by atoms with Crippen molar-refractivity contribution in [3.63, 3.8) is 0 Å². The molecule has 1 aromatic carbocycles. The van der Waals surface area contributed by atoms with Crippen molar-refractivity contribution in [2.24, 2.45) is 0 Å². The lowest BCUT2D eigenvalue weighted by Crippen LogP contribution is -2.40. The van der Waals surface area contributed by atoms with Gasteiger partial charge in [-0.05, 0) is 45.4 Å². The van der Waals surface area contributed by atoms with Gasteiger partial charge in [0.15, 0.2) is 0 Å². The van der Waals surface area contributed by atoms with E-state index in [1.54, 1.807) is 27.7 Å². The highest BCUT2D eigenvalue weighted by Gasteiger charge is 2.29. The van der Waals surface area contributed by atoms with Crippen LogP contribution in [0.25, 0.3) is 0 Å². The second-order valence-corrected chi connectivity index (χ2v) is 7.57. The molecule has 0 spiro atoms. The van der Waals surface area contributed by atoms with Crippen molar-refractivity contribution >= 4 is 17.3 Å². The van der Waals surface area contributed by atoms with Gasteiger partial charge in [-0.15, -0.1) is 4.72 Å². The minimum absolute atomic E-state index is 0.259. The maximum absolute atomic E-state index is 13.8. The number of methoxy groups -OCH3 is 1. The fraction of sp³-hybridized carbons (Fsp3) is 0.500. The Balaban J connectivity index is 3.03. The standard InChI is InChI=1S/C14H19F2NO3S/c1-8(17-21(19)14(2,3)4)9-6-10(15)12(11(16)7-9)13(18)20-5/h6-8,17H,1-5H3. The molecule has 0 heterocycles. The van der Waals surface area contributed by atoms with Crippen LogP contribution in [0.15, 0.2) is 12.1 Å². The second kappa shape index (κ2) is 6.72. The van der Waals surface area contributed by atoms with Gasteiger partial charge in [-0.25, -0.2) is 13.6 Å². The number of rotatable bonds is 4. The minimum Gasteiger partial charge on any atom is -0.598 e. The van der Waals surface area contributed by atoms with Crippen LogP contribution < -0.4 is 4.72 Å². The van der Waals surface area contributed by atoms with E-state index in [1.807, 2.05) is 0 Å². The predicted molar refractivity (Wildman–Crippen MR) is 77.1 cm³/mol. The van der Waals surface area contributed by atoms with Gasteiger partial charge in [0.1, 0.15) is 21.9 Å². The molecule has 2 atom stereocenters. The Labute approximate surface area is 126 Å². The number of halogens is 2. The largest absolute Gasteiger partial charge is 0.598 e. The van der Waals surface area contributed by atoms with Crippen LogP contribution in [0.3, 0.4) is 0 Å². The summed E-state index contributed by atoms with van der Waals surface area (Å²) in [5.41, 5.74) is -0.472. The van der Waals surface area contributed by atoms with E-state index in [0.717, 1.165) is 19.2 Å². The van der Waals surface area contributed by atoms with Crippen molar-refractivity contribution in [1.82, 2.24) is 4.72 Å². The SMILES string of the molecule is COC(=O)c1c(F)cc(C(C)N[S+]([O-])C(C)(C)C)cc1F. The summed E-state index contributed by atoms with van der Waals surface area (Å²) in [4.78, 5) is 11.3. The van der Waals surface area contributed by atoms with E-state index in [4.69, 9.17) is 0 Å². The lowest BCUT2D eigenvalue weighted by Gasteiger charge is -2.26. The van der Waals surface area contributed by atoms with Crippen molar-refractivity contribution in [3.05, 3.63) is 34.9 Å². The summed E-state index contributed by atoms with van der Waals surface area (Å²) in [5, 5.41) is 0. The van der Waals surface area contributed by atoms with E-state index >= 15 is 0 Å².